The lowest BCUT2D eigenvalue weighted by Crippen LogP contribution is -2.24. The summed E-state index contributed by atoms with van der Waals surface area (Å²) in [6.45, 7) is 0.108. The zero-order valence-electron chi connectivity index (χ0n) is 14.8. The molecule has 0 saturated heterocycles. The fourth-order valence-electron chi connectivity index (χ4n) is 3.25. The number of fused-ring (bicyclic) bond motifs is 1. The molecule has 1 atom stereocenters. The molecule has 3 aromatic rings. The molecule has 1 N–H and O–H groups in total. The molecule has 0 radical (unpaired) electrons. The van der Waals surface area contributed by atoms with Gasteiger partial charge in [-0.25, -0.2) is 8.78 Å². The minimum atomic E-state index is -4.78. The molecule has 0 unspecified atom stereocenters. The fourth-order valence-corrected chi connectivity index (χ4v) is 3.25. The molecule has 3 nitrogen and oxygen atoms in total. The van der Waals surface area contributed by atoms with Crippen molar-refractivity contribution in [2.24, 2.45) is 0 Å². The van der Waals surface area contributed by atoms with Gasteiger partial charge in [0.05, 0.1) is 11.7 Å². The summed E-state index contributed by atoms with van der Waals surface area (Å²) in [6, 6.07) is 13.4. The zero-order chi connectivity index (χ0) is 20.6. The smallest absolute Gasteiger partial charge is 0.488 e. The van der Waals surface area contributed by atoms with Crippen LogP contribution in [0.4, 0.5) is 27.6 Å². The highest BCUT2D eigenvalue weighted by molar-refractivity contribution is 5.79. The van der Waals surface area contributed by atoms with Crippen LogP contribution in [-0.2, 0) is 0 Å². The molecule has 0 amide bonds. The Bertz CT molecular complexity index is 1030. The summed E-state index contributed by atoms with van der Waals surface area (Å²) < 4.78 is 74.4. The molecular formula is C21H14F5NO2. The van der Waals surface area contributed by atoms with Crippen molar-refractivity contribution in [1.29, 1.82) is 0 Å². The second kappa shape index (κ2) is 7.27. The van der Waals surface area contributed by atoms with Gasteiger partial charge in [0.2, 0.25) is 0 Å². The molecule has 150 valence electrons. The number of alkyl halides is 3. The van der Waals surface area contributed by atoms with Gasteiger partial charge in [-0.3, -0.25) is 0 Å². The topological polar surface area (TPSA) is 30.5 Å². The number of halogens is 5. The van der Waals surface area contributed by atoms with Gasteiger partial charge in [0, 0.05) is 11.6 Å². The lowest BCUT2D eigenvalue weighted by molar-refractivity contribution is -0.274. The van der Waals surface area contributed by atoms with Crippen LogP contribution in [0.5, 0.6) is 11.5 Å². The number of hydrogen-bond acceptors (Lipinski definition) is 3. The summed E-state index contributed by atoms with van der Waals surface area (Å²) in [5, 5.41) is 3.19. The average molecular weight is 407 g/mol. The third-order valence-electron chi connectivity index (χ3n) is 4.41. The summed E-state index contributed by atoms with van der Waals surface area (Å²) >= 11 is 0. The van der Waals surface area contributed by atoms with Crippen molar-refractivity contribution in [3.8, 4) is 22.6 Å². The number of para-hydroxylation sites is 1. The maximum Gasteiger partial charge on any atom is 0.573 e. The molecule has 1 aliphatic heterocycles. The summed E-state index contributed by atoms with van der Waals surface area (Å²) in [7, 11) is 0. The number of rotatable bonds is 3. The number of hydrogen-bond donors (Lipinski definition) is 1. The van der Waals surface area contributed by atoms with Crippen molar-refractivity contribution < 1.29 is 31.4 Å². The highest BCUT2D eigenvalue weighted by Crippen LogP contribution is 2.42. The van der Waals surface area contributed by atoms with E-state index in [1.165, 1.54) is 30.3 Å². The molecule has 4 rings (SSSR count). The van der Waals surface area contributed by atoms with E-state index in [-0.39, 0.29) is 12.4 Å². The van der Waals surface area contributed by atoms with Crippen molar-refractivity contribution in [1.82, 2.24) is 0 Å². The number of benzene rings is 3. The van der Waals surface area contributed by atoms with E-state index in [0.29, 0.717) is 28.1 Å². The van der Waals surface area contributed by atoms with E-state index in [2.05, 4.69) is 10.1 Å². The Labute approximate surface area is 162 Å². The van der Waals surface area contributed by atoms with Gasteiger partial charge < -0.3 is 14.8 Å². The molecule has 0 spiro atoms. The number of anilines is 1. The fraction of sp³-hybridized carbons (Fsp3) is 0.143. The van der Waals surface area contributed by atoms with Crippen molar-refractivity contribution in [2.45, 2.75) is 12.4 Å². The van der Waals surface area contributed by atoms with Crippen LogP contribution in [0, 0.1) is 11.6 Å². The van der Waals surface area contributed by atoms with E-state index >= 15 is 0 Å². The normalized spacial score (nSPS) is 15.8. The van der Waals surface area contributed by atoms with Crippen LogP contribution in [-0.4, -0.2) is 13.0 Å². The molecule has 1 aliphatic rings. The van der Waals surface area contributed by atoms with E-state index in [9.17, 15) is 22.0 Å². The van der Waals surface area contributed by atoms with Gasteiger partial charge in [0.25, 0.3) is 0 Å². The zero-order valence-corrected chi connectivity index (χ0v) is 14.8. The van der Waals surface area contributed by atoms with Crippen LogP contribution < -0.4 is 14.8 Å². The first-order valence-corrected chi connectivity index (χ1v) is 8.63. The summed E-state index contributed by atoms with van der Waals surface area (Å²) in [5.41, 5.74) is 1.92. The molecule has 8 heteroatoms. The van der Waals surface area contributed by atoms with E-state index in [1.807, 2.05) is 0 Å². The van der Waals surface area contributed by atoms with Crippen LogP contribution in [0.25, 0.3) is 11.1 Å². The van der Waals surface area contributed by atoms with Gasteiger partial charge in [-0.2, -0.15) is 0 Å². The minimum absolute atomic E-state index is 0.108. The second-order valence-electron chi connectivity index (χ2n) is 6.47. The van der Waals surface area contributed by atoms with Gasteiger partial charge in [0.1, 0.15) is 29.7 Å². The maximum atomic E-state index is 13.6. The Hall–Kier alpha value is -3.29. The largest absolute Gasteiger partial charge is 0.573 e. The number of nitrogens with one attached hydrogen (secondary N) is 1. The van der Waals surface area contributed by atoms with Crippen LogP contribution in [0.1, 0.15) is 11.6 Å². The Morgan fingerprint density at radius 3 is 2.38 bits per heavy atom. The predicted molar refractivity (Wildman–Crippen MR) is 96.8 cm³/mol. The Morgan fingerprint density at radius 1 is 0.931 bits per heavy atom. The maximum absolute atomic E-state index is 13.6. The Balaban J connectivity index is 1.63. The van der Waals surface area contributed by atoms with Crippen LogP contribution in [0.3, 0.4) is 0 Å². The SMILES string of the molecule is Fc1cc(F)cc(-c2cccc3c2OC[C@H](c2cccc(OC(F)(F)F)c2)N3)c1. The van der Waals surface area contributed by atoms with Crippen LogP contribution in [0.2, 0.25) is 0 Å². The first kappa shape index (κ1) is 19.0. The second-order valence-corrected chi connectivity index (χ2v) is 6.47. The number of ether oxygens (including phenoxy) is 2. The highest BCUT2D eigenvalue weighted by atomic mass is 19.4. The van der Waals surface area contributed by atoms with Gasteiger partial charge in [-0.15, -0.1) is 13.2 Å². The molecule has 0 aromatic heterocycles. The van der Waals surface area contributed by atoms with E-state index in [0.717, 1.165) is 6.07 Å². The summed E-state index contributed by atoms with van der Waals surface area (Å²) in [6.07, 6.45) is -4.78. The van der Waals surface area contributed by atoms with Crippen molar-refractivity contribution >= 4 is 5.69 Å². The van der Waals surface area contributed by atoms with E-state index < -0.39 is 24.0 Å². The third kappa shape index (κ3) is 4.26. The van der Waals surface area contributed by atoms with E-state index in [4.69, 9.17) is 4.74 Å². The van der Waals surface area contributed by atoms with Gasteiger partial charge in [0.15, 0.2) is 0 Å². The standard InChI is InChI=1S/C21H14F5NO2/c22-14-7-13(8-15(23)10-14)17-5-2-6-18-20(17)28-11-19(27-18)12-3-1-4-16(9-12)29-21(24,25)26/h1-10,19,27H,11H2/t19-/m1/s1. The lowest BCUT2D eigenvalue weighted by atomic mass is 10.0. The quantitative estimate of drug-likeness (QED) is 0.534. The predicted octanol–water partition coefficient (Wildman–Crippen LogP) is 6.08. The molecule has 0 aliphatic carbocycles. The molecular weight excluding hydrogens is 393 g/mol. The van der Waals surface area contributed by atoms with E-state index in [1.54, 1.807) is 24.3 Å². The average Bonchev–Trinajstić information content (AvgIpc) is 2.65. The van der Waals surface area contributed by atoms with Gasteiger partial charge in [-0.05, 0) is 41.5 Å². The van der Waals surface area contributed by atoms with Crippen LogP contribution >= 0.6 is 0 Å². The summed E-state index contributed by atoms with van der Waals surface area (Å²) in [4.78, 5) is 0. The van der Waals surface area contributed by atoms with Crippen molar-refractivity contribution in [2.75, 3.05) is 11.9 Å². The lowest BCUT2D eigenvalue weighted by Gasteiger charge is -2.29. The molecule has 0 saturated carbocycles. The molecule has 0 bridgehead atoms. The first-order chi connectivity index (χ1) is 13.8. The van der Waals surface area contributed by atoms with Crippen LogP contribution in [0.15, 0.2) is 60.7 Å². The Morgan fingerprint density at radius 2 is 1.66 bits per heavy atom. The molecule has 29 heavy (non-hydrogen) atoms. The highest BCUT2D eigenvalue weighted by Gasteiger charge is 2.31. The Kier molecular flexibility index (Phi) is 4.77. The van der Waals surface area contributed by atoms with Gasteiger partial charge in [-0.1, -0.05) is 24.3 Å². The molecule has 3 aromatic carbocycles. The van der Waals surface area contributed by atoms with Crippen molar-refractivity contribution in [3.63, 3.8) is 0 Å². The first-order valence-electron chi connectivity index (χ1n) is 8.63. The van der Waals surface area contributed by atoms with Crippen molar-refractivity contribution in [3.05, 3.63) is 77.9 Å². The monoisotopic (exact) mass is 407 g/mol. The summed E-state index contributed by atoms with van der Waals surface area (Å²) in [5.74, 6) is -1.33. The van der Waals surface area contributed by atoms with Gasteiger partial charge >= 0.3 is 6.36 Å². The minimum Gasteiger partial charge on any atom is -0.488 e. The molecule has 1 heterocycles. The molecule has 0 fully saturated rings. The third-order valence-corrected chi connectivity index (χ3v) is 4.41.